The second-order valence-corrected chi connectivity index (χ2v) is 4.55. The van der Waals surface area contributed by atoms with Crippen molar-refractivity contribution < 1.29 is 4.79 Å². The largest absolute Gasteiger partial charge is 0.294 e. The van der Waals surface area contributed by atoms with Crippen LogP contribution in [0.3, 0.4) is 0 Å². The van der Waals surface area contributed by atoms with Crippen molar-refractivity contribution in [3.05, 3.63) is 47.5 Å². The molecular weight excluding hydrogens is 172 g/mol. The summed E-state index contributed by atoms with van der Waals surface area (Å²) in [6.07, 6.45) is 3.91. The molecule has 1 aromatic rings. The molecule has 3 aliphatic rings. The molecule has 0 amide bonds. The number of rotatable bonds is 0. The van der Waals surface area contributed by atoms with E-state index in [-0.39, 0.29) is 5.92 Å². The molecule has 0 aromatic heterocycles. The van der Waals surface area contributed by atoms with Crippen LogP contribution in [0, 0.1) is 11.8 Å². The monoisotopic (exact) mass is 182 g/mol. The van der Waals surface area contributed by atoms with Crippen LogP contribution in [0.5, 0.6) is 0 Å². The minimum atomic E-state index is 0.200. The molecule has 0 saturated heterocycles. The van der Waals surface area contributed by atoms with Gasteiger partial charge in [-0.3, -0.25) is 4.79 Å². The molecule has 1 saturated carbocycles. The van der Waals surface area contributed by atoms with E-state index < -0.39 is 0 Å². The molecule has 1 heteroatoms. The Kier molecular flexibility index (Phi) is 0.999. The van der Waals surface area contributed by atoms with Crippen LogP contribution in [0.1, 0.15) is 23.0 Å². The fraction of sp³-hybridized carbons (Fsp3) is 0.308. The summed E-state index contributed by atoms with van der Waals surface area (Å²) in [4.78, 5) is 11.8. The van der Waals surface area contributed by atoms with Gasteiger partial charge in [0.25, 0.3) is 0 Å². The average Bonchev–Trinajstić information content (AvgIpc) is 2.81. The first kappa shape index (κ1) is 6.99. The van der Waals surface area contributed by atoms with E-state index in [0.29, 0.717) is 23.5 Å². The van der Waals surface area contributed by atoms with Crippen molar-refractivity contribution in [3.8, 4) is 0 Å². The molecule has 0 bridgehead atoms. The predicted molar refractivity (Wildman–Crippen MR) is 53.1 cm³/mol. The van der Waals surface area contributed by atoms with E-state index in [1.165, 1.54) is 11.1 Å². The predicted octanol–water partition coefficient (Wildman–Crippen LogP) is 2.25. The Balaban J connectivity index is 2.00. The molecule has 0 unspecified atom stereocenters. The molecule has 1 nitrogen and oxygen atoms in total. The molecule has 3 aliphatic carbocycles. The fourth-order valence-electron chi connectivity index (χ4n) is 3.41. The zero-order valence-corrected chi connectivity index (χ0v) is 7.68. The number of benzene rings is 1. The van der Waals surface area contributed by atoms with Gasteiger partial charge in [0.2, 0.25) is 0 Å². The van der Waals surface area contributed by atoms with Crippen molar-refractivity contribution in [1.29, 1.82) is 0 Å². The third-order valence-corrected chi connectivity index (χ3v) is 4.00. The van der Waals surface area contributed by atoms with E-state index in [9.17, 15) is 4.79 Å². The second-order valence-electron chi connectivity index (χ2n) is 4.55. The van der Waals surface area contributed by atoms with Crippen LogP contribution in [0.2, 0.25) is 0 Å². The summed E-state index contributed by atoms with van der Waals surface area (Å²) in [6.45, 7) is 0. The van der Waals surface area contributed by atoms with E-state index in [1.807, 2.05) is 6.07 Å². The summed E-state index contributed by atoms with van der Waals surface area (Å²) in [7, 11) is 0. The summed E-state index contributed by atoms with van der Waals surface area (Å²) >= 11 is 0. The van der Waals surface area contributed by atoms with Gasteiger partial charge in [-0.15, -0.1) is 0 Å². The zero-order valence-electron chi connectivity index (χ0n) is 7.68. The van der Waals surface area contributed by atoms with E-state index >= 15 is 0 Å². The van der Waals surface area contributed by atoms with Gasteiger partial charge in [0.15, 0.2) is 5.78 Å². The fourth-order valence-corrected chi connectivity index (χ4v) is 3.41. The highest BCUT2D eigenvalue weighted by Gasteiger charge is 2.62. The Hall–Kier alpha value is -1.37. The van der Waals surface area contributed by atoms with E-state index in [0.717, 1.165) is 0 Å². The van der Waals surface area contributed by atoms with Gasteiger partial charge < -0.3 is 0 Å². The Labute approximate surface area is 82.4 Å². The molecule has 0 heterocycles. The molecule has 68 valence electrons. The van der Waals surface area contributed by atoms with Gasteiger partial charge in [-0.25, -0.2) is 0 Å². The lowest BCUT2D eigenvalue weighted by Crippen LogP contribution is -2.15. The van der Waals surface area contributed by atoms with Crippen molar-refractivity contribution >= 4 is 5.78 Å². The van der Waals surface area contributed by atoms with E-state index in [2.05, 4.69) is 24.3 Å². The molecule has 14 heavy (non-hydrogen) atoms. The number of fused-ring (bicyclic) bond motifs is 4. The summed E-state index contributed by atoms with van der Waals surface area (Å²) in [5, 5.41) is 0. The van der Waals surface area contributed by atoms with Crippen LogP contribution in [-0.2, 0) is 4.79 Å². The summed E-state index contributed by atoms with van der Waals surface area (Å²) in [6, 6.07) is 8.45. The van der Waals surface area contributed by atoms with Gasteiger partial charge in [0.1, 0.15) is 0 Å². The third kappa shape index (κ3) is 0.597. The molecule has 1 aromatic carbocycles. The highest BCUT2D eigenvalue weighted by atomic mass is 16.1. The van der Waals surface area contributed by atoms with Crippen molar-refractivity contribution in [2.45, 2.75) is 11.8 Å². The summed E-state index contributed by atoms with van der Waals surface area (Å²) in [5.41, 5.74) is 2.73. The number of carbonyl (C=O) groups excluding carboxylic acids is 1. The quantitative estimate of drug-likeness (QED) is 0.601. The van der Waals surface area contributed by atoms with Crippen molar-refractivity contribution in [1.82, 2.24) is 0 Å². The van der Waals surface area contributed by atoms with Gasteiger partial charge in [-0.05, 0) is 35.0 Å². The zero-order chi connectivity index (χ0) is 9.28. The highest BCUT2D eigenvalue weighted by Crippen LogP contribution is 2.69. The normalized spacial score (nSPS) is 40.7. The Morgan fingerprint density at radius 3 is 2.71 bits per heavy atom. The van der Waals surface area contributed by atoms with Gasteiger partial charge in [0.05, 0.1) is 5.92 Å². The first-order valence-electron chi connectivity index (χ1n) is 5.19. The van der Waals surface area contributed by atoms with Gasteiger partial charge in [0, 0.05) is 0 Å². The molecular formula is C13H10O. The maximum absolute atomic E-state index is 11.8. The number of hydrogen-bond acceptors (Lipinski definition) is 1. The average molecular weight is 182 g/mol. The molecule has 4 atom stereocenters. The van der Waals surface area contributed by atoms with Gasteiger partial charge >= 0.3 is 0 Å². The minimum Gasteiger partial charge on any atom is -0.294 e. The third-order valence-electron chi connectivity index (χ3n) is 4.00. The molecule has 0 spiro atoms. The van der Waals surface area contributed by atoms with Crippen molar-refractivity contribution in [3.63, 3.8) is 0 Å². The summed E-state index contributed by atoms with van der Waals surface area (Å²) < 4.78 is 0. The molecule has 4 rings (SSSR count). The van der Waals surface area contributed by atoms with Crippen LogP contribution < -0.4 is 0 Å². The molecule has 0 aliphatic heterocycles. The topological polar surface area (TPSA) is 17.1 Å². The van der Waals surface area contributed by atoms with Crippen LogP contribution in [0.15, 0.2) is 36.4 Å². The molecule has 0 N–H and O–H groups in total. The lowest BCUT2D eigenvalue weighted by molar-refractivity contribution is -0.116. The molecule has 1 fully saturated rings. The minimum absolute atomic E-state index is 0.200. The van der Waals surface area contributed by atoms with E-state index in [4.69, 9.17) is 0 Å². The second kappa shape index (κ2) is 2.00. The van der Waals surface area contributed by atoms with Gasteiger partial charge in [-0.2, -0.15) is 0 Å². The Morgan fingerprint density at radius 2 is 1.86 bits per heavy atom. The Bertz CT molecular complexity index is 472. The van der Waals surface area contributed by atoms with Crippen LogP contribution in [-0.4, -0.2) is 5.78 Å². The number of carbonyl (C=O) groups is 1. The van der Waals surface area contributed by atoms with Crippen LogP contribution in [0.25, 0.3) is 0 Å². The number of hydrogen-bond donors (Lipinski definition) is 0. The smallest absolute Gasteiger partial charge is 0.163 e. The maximum Gasteiger partial charge on any atom is 0.163 e. The van der Waals surface area contributed by atoms with E-state index in [1.54, 1.807) is 6.08 Å². The number of ketones is 1. The van der Waals surface area contributed by atoms with Crippen LogP contribution >= 0.6 is 0 Å². The lowest BCUT2D eigenvalue weighted by Gasteiger charge is -2.16. The van der Waals surface area contributed by atoms with Crippen molar-refractivity contribution in [2.24, 2.45) is 11.8 Å². The maximum atomic E-state index is 11.8. The lowest BCUT2D eigenvalue weighted by atomic mass is 9.86. The van der Waals surface area contributed by atoms with Crippen molar-refractivity contribution in [2.75, 3.05) is 0 Å². The number of allylic oxidation sites excluding steroid dienone is 2. The first-order valence-corrected chi connectivity index (χ1v) is 5.19. The summed E-state index contributed by atoms with van der Waals surface area (Å²) in [5.74, 6) is 2.47. The SMILES string of the molecule is O=C1C=C[C@@H]2[C@H]3c4ccccc4[C@@H]1[C@@H]23. The van der Waals surface area contributed by atoms with Gasteiger partial charge in [-0.1, -0.05) is 30.3 Å². The first-order chi connectivity index (χ1) is 6.88. The standard InChI is InChI=1S/C13H10O/c14-10-6-5-9-11-7-3-1-2-4-8(7)12(10)13(9)11/h1-6,9,11-13H/t9-,11-,12+,13+/m1/s1. The highest BCUT2D eigenvalue weighted by molar-refractivity contribution is 5.99. The van der Waals surface area contributed by atoms with Crippen LogP contribution in [0.4, 0.5) is 0 Å². The Morgan fingerprint density at radius 1 is 1.07 bits per heavy atom. The molecule has 0 radical (unpaired) electrons.